The van der Waals surface area contributed by atoms with Crippen LogP contribution >= 0.6 is 11.3 Å². The van der Waals surface area contributed by atoms with Crippen molar-refractivity contribution in [2.45, 2.75) is 33.4 Å². The Hall–Kier alpha value is -3.47. The van der Waals surface area contributed by atoms with Gasteiger partial charge in [0.2, 0.25) is 0 Å². The second kappa shape index (κ2) is 10.5. The molecule has 2 N–H and O–H groups in total. The molecule has 0 radical (unpaired) electrons. The number of aromatic amines is 1. The van der Waals surface area contributed by atoms with E-state index in [-0.39, 0.29) is 24.1 Å². The molecule has 5 rings (SSSR count). The van der Waals surface area contributed by atoms with Crippen LogP contribution in [0.5, 0.6) is 5.75 Å². The molecule has 1 aliphatic heterocycles. The van der Waals surface area contributed by atoms with Crippen LogP contribution in [0.25, 0.3) is 16.0 Å². The number of H-pyrrole nitrogens is 1. The minimum Gasteiger partial charge on any atom is -0.496 e. The summed E-state index contributed by atoms with van der Waals surface area (Å²) in [5.41, 5.74) is 7.17. The van der Waals surface area contributed by atoms with Crippen molar-refractivity contribution in [1.29, 1.82) is 0 Å². The minimum absolute atomic E-state index is 0.0592. The Morgan fingerprint density at radius 3 is 2.76 bits per heavy atom. The van der Waals surface area contributed by atoms with Gasteiger partial charge in [-0.3, -0.25) is 19.5 Å². The van der Waals surface area contributed by atoms with Gasteiger partial charge in [0.05, 0.1) is 42.8 Å². The van der Waals surface area contributed by atoms with Gasteiger partial charge < -0.3 is 24.2 Å². The molecule has 194 valence electrons. The van der Waals surface area contributed by atoms with Gasteiger partial charge in [-0.2, -0.15) is 0 Å². The number of nitrogens with one attached hydrogen (secondary N) is 2. The predicted molar refractivity (Wildman–Crippen MR) is 144 cm³/mol. The number of thiazole rings is 1. The summed E-state index contributed by atoms with van der Waals surface area (Å²) in [6, 6.07) is 5.83. The van der Waals surface area contributed by atoms with E-state index in [1.165, 1.54) is 7.11 Å². The molecule has 5 heterocycles. The molecule has 1 amide bonds. The molecular weight excluding hydrogens is 490 g/mol. The van der Waals surface area contributed by atoms with E-state index in [0.29, 0.717) is 35.8 Å². The Morgan fingerprint density at radius 1 is 1.27 bits per heavy atom. The third-order valence-corrected chi connectivity index (χ3v) is 7.84. The van der Waals surface area contributed by atoms with Gasteiger partial charge in [0, 0.05) is 59.6 Å². The zero-order chi connectivity index (χ0) is 26.1. The summed E-state index contributed by atoms with van der Waals surface area (Å²) in [4.78, 5) is 36.5. The number of aryl methyl sites for hydroxylation is 1. The number of ether oxygens (including phenoxy) is 2. The van der Waals surface area contributed by atoms with Crippen molar-refractivity contribution in [2.75, 3.05) is 33.4 Å². The number of carbonyl (C=O) groups is 1. The monoisotopic (exact) mass is 521 g/mol. The van der Waals surface area contributed by atoms with Crippen molar-refractivity contribution >= 4 is 22.8 Å². The van der Waals surface area contributed by atoms with Gasteiger partial charge in [-0.05, 0) is 44.5 Å². The first-order valence-electron chi connectivity index (χ1n) is 12.3. The summed E-state index contributed by atoms with van der Waals surface area (Å²) >= 11 is 1.58. The number of amides is 1. The zero-order valence-corrected chi connectivity index (χ0v) is 22.3. The fraction of sp³-hybridized carbons (Fsp3) is 0.370. The number of morpholine rings is 1. The van der Waals surface area contributed by atoms with Crippen LogP contribution in [0.4, 0.5) is 0 Å². The Balaban J connectivity index is 1.54. The summed E-state index contributed by atoms with van der Waals surface area (Å²) < 4.78 is 13.1. The van der Waals surface area contributed by atoms with Crippen LogP contribution in [0.3, 0.4) is 0 Å². The van der Waals surface area contributed by atoms with Gasteiger partial charge in [0.15, 0.2) is 0 Å². The Bertz CT molecular complexity index is 1480. The lowest BCUT2D eigenvalue weighted by Crippen LogP contribution is -2.39. The summed E-state index contributed by atoms with van der Waals surface area (Å²) in [5.74, 6) is 0.217. The van der Waals surface area contributed by atoms with Crippen molar-refractivity contribution in [3.05, 3.63) is 74.5 Å². The summed E-state index contributed by atoms with van der Waals surface area (Å²) in [6.45, 7) is 9.07. The molecule has 1 fully saturated rings. The third-order valence-electron chi connectivity index (χ3n) is 7.02. The lowest BCUT2D eigenvalue weighted by Gasteiger charge is -2.34. The van der Waals surface area contributed by atoms with Gasteiger partial charge in [-0.1, -0.05) is 0 Å². The predicted octanol–water partition coefficient (Wildman–Crippen LogP) is 3.70. The van der Waals surface area contributed by atoms with E-state index < -0.39 is 0 Å². The largest absolute Gasteiger partial charge is 0.496 e. The maximum atomic E-state index is 13.5. The highest BCUT2D eigenvalue weighted by Crippen LogP contribution is 2.33. The fourth-order valence-corrected chi connectivity index (χ4v) is 5.66. The summed E-state index contributed by atoms with van der Waals surface area (Å²) in [6.07, 6.45) is 3.98. The molecule has 1 unspecified atom stereocenters. The van der Waals surface area contributed by atoms with E-state index in [9.17, 15) is 9.59 Å². The van der Waals surface area contributed by atoms with Gasteiger partial charge >= 0.3 is 0 Å². The maximum Gasteiger partial charge on any atom is 0.256 e. The average molecular weight is 522 g/mol. The highest BCUT2D eigenvalue weighted by molar-refractivity contribution is 7.13. The van der Waals surface area contributed by atoms with Gasteiger partial charge in [0.25, 0.3) is 11.5 Å². The molecule has 9 nitrogen and oxygen atoms in total. The number of carbonyl (C=O) groups excluding carboxylic acids is 1. The van der Waals surface area contributed by atoms with Crippen LogP contribution in [0.15, 0.2) is 40.9 Å². The van der Waals surface area contributed by atoms with Crippen LogP contribution in [0.1, 0.15) is 45.8 Å². The smallest absolute Gasteiger partial charge is 0.256 e. The van der Waals surface area contributed by atoms with E-state index in [0.717, 1.165) is 40.3 Å². The van der Waals surface area contributed by atoms with Crippen LogP contribution < -0.4 is 15.6 Å². The zero-order valence-electron chi connectivity index (χ0n) is 21.5. The first-order chi connectivity index (χ1) is 17.9. The molecule has 1 atom stereocenters. The average Bonchev–Trinajstić information content (AvgIpc) is 3.57. The maximum absolute atomic E-state index is 13.5. The fourth-order valence-electron chi connectivity index (χ4n) is 5.06. The van der Waals surface area contributed by atoms with E-state index >= 15 is 0 Å². The SMILES string of the molecule is COc1cc(C)[nH]c(=O)c1CNC(=O)c1cc2cc(-c3cncs3)cn2c(C(C)N2CCOCC2)c1C. The van der Waals surface area contributed by atoms with E-state index in [1.807, 2.05) is 24.7 Å². The number of hydrogen-bond donors (Lipinski definition) is 2. The number of aromatic nitrogens is 3. The van der Waals surface area contributed by atoms with Gasteiger partial charge in [0.1, 0.15) is 5.75 Å². The van der Waals surface area contributed by atoms with Crippen molar-refractivity contribution in [1.82, 2.24) is 24.6 Å². The van der Waals surface area contributed by atoms with E-state index in [1.54, 1.807) is 24.3 Å². The normalized spacial score (nSPS) is 15.1. The summed E-state index contributed by atoms with van der Waals surface area (Å²) in [5, 5.41) is 2.95. The molecule has 0 spiro atoms. The lowest BCUT2D eigenvalue weighted by atomic mass is 10.0. The number of nitrogens with zero attached hydrogens (tertiary/aromatic N) is 3. The quantitative estimate of drug-likeness (QED) is 0.385. The molecule has 0 saturated carbocycles. The van der Waals surface area contributed by atoms with Crippen LogP contribution in [-0.2, 0) is 11.3 Å². The van der Waals surface area contributed by atoms with Crippen molar-refractivity contribution in [2.24, 2.45) is 0 Å². The molecule has 0 bridgehead atoms. The standard InChI is InChI=1S/C27H31N5O4S/c1-16-9-23(35-4)22(27(34)30-16)12-29-26(33)21-11-20-10-19(24-13-28-15-37-24)14-32(20)25(17(21)2)18(3)31-5-7-36-8-6-31/h9-11,13-15,18H,5-8,12H2,1-4H3,(H,29,33)(H,30,34). The highest BCUT2D eigenvalue weighted by Gasteiger charge is 2.26. The Kier molecular flexibility index (Phi) is 7.14. The van der Waals surface area contributed by atoms with E-state index in [2.05, 4.69) is 43.8 Å². The Labute approximate surface area is 219 Å². The van der Waals surface area contributed by atoms with Crippen molar-refractivity contribution in [3.8, 4) is 16.2 Å². The topological polar surface area (TPSA) is 101 Å². The first-order valence-corrected chi connectivity index (χ1v) is 13.2. The van der Waals surface area contributed by atoms with Gasteiger partial charge in [-0.25, -0.2) is 0 Å². The molecule has 0 aromatic carbocycles. The van der Waals surface area contributed by atoms with E-state index in [4.69, 9.17) is 9.47 Å². The van der Waals surface area contributed by atoms with Crippen molar-refractivity contribution in [3.63, 3.8) is 0 Å². The third kappa shape index (κ3) is 4.92. The molecular formula is C27H31N5O4S. The molecule has 1 aliphatic rings. The second-order valence-corrected chi connectivity index (χ2v) is 10.2. The van der Waals surface area contributed by atoms with Crippen LogP contribution in [0, 0.1) is 13.8 Å². The van der Waals surface area contributed by atoms with Crippen LogP contribution in [-0.4, -0.2) is 58.6 Å². The van der Waals surface area contributed by atoms with Gasteiger partial charge in [-0.15, -0.1) is 11.3 Å². The number of pyridine rings is 2. The molecule has 0 aliphatic carbocycles. The molecule has 10 heteroatoms. The summed E-state index contributed by atoms with van der Waals surface area (Å²) in [7, 11) is 1.52. The lowest BCUT2D eigenvalue weighted by molar-refractivity contribution is 0.0187. The van der Waals surface area contributed by atoms with Crippen LogP contribution in [0.2, 0.25) is 0 Å². The Morgan fingerprint density at radius 2 is 2.05 bits per heavy atom. The molecule has 4 aromatic heterocycles. The second-order valence-electron chi connectivity index (χ2n) is 9.29. The molecule has 4 aromatic rings. The number of hydrogen-bond acceptors (Lipinski definition) is 7. The highest BCUT2D eigenvalue weighted by atomic mass is 32.1. The van der Waals surface area contributed by atoms with Crippen molar-refractivity contribution < 1.29 is 14.3 Å². The molecule has 37 heavy (non-hydrogen) atoms. The number of fused-ring (bicyclic) bond motifs is 1. The number of methoxy groups -OCH3 is 1. The number of rotatable bonds is 7. The minimum atomic E-state index is -0.272. The first kappa shape index (κ1) is 25.2. The molecule has 1 saturated heterocycles.